The lowest BCUT2D eigenvalue weighted by atomic mass is 10.1. The van der Waals surface area contributed by atoms with Gasteiger partial charge in [0, 0.05) is 5.02 Å². The summed E-state index contributed by atoms with van der Waals surface area (Å²) in [5.41, 5.74) is 1.78. The van der Waals surface area contributed by atoms with Crippen LogP contribution in [0.5, 0.6) is 11.5 Å². The van der Waals surface area contributed by atoms with E-state index in [4.69, 9.17) is 16.3 Å². The zero-order valence-electron chi connectivity index (χ0n) is 9.48. The average molecular weight is 249 g/mol. The summed E-state index contributed by atoms with van der Waals surface area (Å²) in [4.78, 5) is 0. The van der Waals surface area contributed by atoms with E-state index in [-0.39, 0.29) is 5.75 Å². The Morgan fingerprint density at radius 3 is 2.71 bits per heavy atom. The van der Waals surface area contributed by atoms with Gasteiger partial charge in [-0.3, -0.25) is 0 Å². The third-order valence-corrected chi connectivity index (χ3v) is 2.71. The highest BCUT2D eigenvalue weighted by Crippen LogP contribution is 2.21. The number of ether oxygens (including phenoxy) is 1. The van der Waals surface area contributed by atoms with Crippen LogP contribution in [-0.4, -0.2) is 5.11 Å². The fourth-order valence-electron chi connectivity index (χ4n) is 1.47. The second kappa shape index (κ2) is 5.11. The Balaban J connectivity index is 2.05. The summed E-state index contributed by atoms with van der Waals surface area (Å²) in [6, 6.07) is 12.7. The van der Waals surface area contributed by atoms with Gasteiger partial charge in [-0.25, -0.2) is 0 Å². The normalized spacial score (nSPS) is 10.2. The molecule has 1 N–H and O–H groups in total. The Kier molecular flexibility index (Phi) is 3.55. The minimum atomic E-state index is 0.289. The van der Waals surface area contributed by atoms with Crippen molar-refractivity contribution in [2.45, 2.75) is 13.5 Å². The van der Waals surface area contributed by atoms with E-state index in [2.05, 4.69) is 0 Å². The lowest BCUT2D eigenvalue weighted by Gasteiger charge is -2.07. The van der Waals surface area contributed by atoms with Crippen LogP contribution in [0.25, 0.3) is 0 Å². The van der Waals surface area contributed by atoms with E-state index < -0.39 is 0 Å². The van der Waals surface area contributed by atoms with Gasteiger partial charge in [0.05, 0.1) is 0 Å². The number of hydrogen-bond acceptors (Lipinski definition) is 2. The zero-order valence-corrected chi connectivity index (χ0v) is 10.2. The molecule has 2 aromatic carbocycles. The number of benzene rings is 2. The maximum absolute atomic E-state index is 9.56. The molecule has 0 heterocycles. The van der Waals surface area contributed by atoms with Crippen LogP contribution in [0.3, 0.4) is 0 Å². The van der Waals surface area contributed by atoms with Crippen LogP contribution >= 0.6 is 11.6 Å². The van der Waals surface area contributed by atoms with Crippen molar-refractivity contribution in [2.24, 2.45) is 0 Å². The van der Waals surface area contributed by atoms with Gasteiger partial charge < -0.3 is 9.84 Å². The summed E-state index contributed by atoms with van der Waals surface area (Å²) in [5.74, 6) is 1.01. The van der Waals surface area contributed by atoms with Gasteiger partial charge in [-0.05, 0) is 42.3 Å². The van der Waals surface area contributed by atoms with Crippen molar-refractivity contribution in [3.05, 3.63) is 58.6 Å². The largest absolute Gasteiger partial charge is 0.508 e. The molecule has 2 nitrogen and oxygen atoms in total. The van der Waals surface area contributed by atoms with Crippen molar-refractivity contribution in [1.82, 2.24) is 0 Å². The van der Waals surface area contributed by atoms with Crippen molar-refractivity contribution >= 4 is 11.6 Å². The van der Waals surface area contributed by atoms with Gasteiger partial charge in [0.15, 0.2) is 0 Å². The predicted octanol–water partition coefficient (Wildman–Crippen LogP) is 3.93. The first-order valence-corrected chi connectivity index (χ1v) is 5.70. The molecule has 0 spiro atoms. The van der Waals surface area contributed by atoms with Crippen LogP contribution in [0.1, 0.15) is 11.1 Å². The standard InChI is InChI=1S/C14H13ClO2/c1-10-5-6-11(7-14(10)16)9-17-13-4-2-3-12(15)8-13/h2-8,16H,9H2,1H3. The van der Waals surface area contributed by atoms with E-state index in [1.54, 1.807) is 18.2 Å². The van der Waals surface area contributed by atoms with Crippen molar-refractivity contribution in [1.29, 1.82) is 0 Å². The number of halogens is 1. The summed E-state index contributed by atoms with van der Waals surface area (Å²) in [5, 5.41) is 10.2. The van der Waals surface area contributed by atoms with Crippen LogP contribution in [0.15, 0.2) is 42.5 Å². The number of aryl methyl sites for hydroxylation is 1. The van der Waals surface area contributed by atoms with Crippen LogP contribution in [0.4, 0.5) is 0 Å². The van der Waals surface area contributed by atoms with Crippen molar-refractivity contribution in [3.63, 3.8) is 0 Å². The number of rotatable bonds is 3. The summed E-state index contributed by atoms with van der Waals surface area (Å²) in [7, 11) is 0. The second-order valence-corrected chi connectivity index (χ2v) is 4.30. The van der Waals surface area contributed by atoms with Crippen molar-refractivity contribution < 1.29 is 9.84 Å². The Morgan fingerprint density at radius 1 is 1.18 bits per heavy atom. The Labute approximate surface area is 105 Å². The first kappa shape index (κ1) is 11.8. The maximum atomic E-state index is 9.56. The predicted molar refractivity (Wildman–Crippen MR) is 68.6 cm³/mol. The van der Waals surface area contributed by atoms with Gasteiger partial charge in [0.1, 0.15) is 18.1 Å². The molecule has 0 aliphatic heterocycles. The van der Waals surface area contributed by atoms with Crippen LogP contribution < -0.4 is 4.74 Å². The number of phenols is 1. The minimum Gasteiger partial charge on any atom is -0.508 e. The summed E-state index contributed by atoms with van der Waals surface area (Å²) >= 11 is 5.85. The highest BCUT2D eigenvalue weighted by molar-refractivity contribution is 6.30. The number of hydrogen-bond donors (Lipinski definition) is 1. The van der Waals surface area contributed by atoms with E-state index in [0.717, 1.165) is 16.9 Å². The van der Waals surface area contributed by atoms with Gasteiger partial charge in [0.25, 0.3) is 0 Å². The Hall–Kier alpha value is -1.67. The van der Waals surface area contributed by atoms with Gasteiger partial charge >= 0.3 is 0 Å². The molecule has 17 heavy (non-hydrogen) atoms. The molecule has 0 aliphatic carbocycles. The van der Waals surface area contributed by atoms with Crippen LogP contribution in [0.2, 0.25) is 5.02 Å². The Morgan fingerprint density at radius 2 is 2.00 bits per heavy atom. The zero-order chi connectivity index (χ0) is 12.3. The number of phenolic OH excluding ortho intramolecular Hbond substituents is 1. The molecule has 2 aromatic rings. The lowest BCUT2D eigenvalue weighted by molar-refractivity contribution is 0.305. The molecule has 0 bridgehead atoms. The quantitative estimate of drug-likeness (QED) is 0.892. The van der Waals surface area contributed by atoms with Crippen LogP contribution in [0, 0.1) is 6.92 Å². The number of aromatic hydroxyl groups is 1. The molecule has 0 fully saturated rings. The van der Waals surface area contributed by atoms with E-state index >= 15 is 0 Å². The fraction of sp³-hybridized carbons (Fsp3) is 0.143. The highest BCUT2D eigenvalue weighted by atomic mass is 35.5. The van der Waals surface area contributed by atoms with Crippen molar-refractivity contribution in [2.75, 3.05) is 0 Å². The third kappa shape index (κ3) is 3.14. The third-order valence-electron chi connectivity index (χ3n) is 2.48. The summed E-state index contributed by atoms with van der Waals surface area (Å²) in [6.07, 6.45) is 0. The summed E-state index contributed by atoms with van der Waals surface area (Å²) in [6.45, 7) is 2.27. The van der Waals surface area contributed by atoms with Gasteiger partial charge in [-0.1, -0.05) is 29.8 Å². The smallest absolute Gasteiger partial charge is 0.121 e. The van der Waals surface area contributed by atoms with E-state index in [9.17, 15) is 5.11 Å². The Bertz CT molecular complexity index is 523. The molecule has 0 saturated carbocycles. The first-order valence-electron chi connectivity index (χ1n) is 5.32. The van der Waals surface area contributed by atoms with Gasteiger partial charge in [-0.2, -0.15) is 0 Å². The van der Waals surface area contributed by atoms with Crippen molar-refractivity contribution in [3.8, 4) is 11.5 Å². The monoisotopic (exact) mass is 248 g/mol. The van der Waals surface area contributed by atoms with Crippen LogP contribution in [-0.2, 0) is 6.61 Å². The topological polar surface area (TPSA) is 29.5 Å². The molecule has 0 atom stereocenters. The van der Waals surface area contributed by atoms with Gasteiger partial charge in [-0.15, -0.1) is 0 Å². The summed E-state index contributed by atoms with van der Waals surface area (Å²) < 4.78 is 5.57. The molecule has 2 rings (SSSR count). The highest BCUT2D eigenvalue weighted by Gasteiger charge is 2.00. The molecule has 0 radical (unpaired) electrons. The maximum Gasteiger partial charge on any atom is 0.121 e. The van der Waals surface area contributed by atoms with E-state index in [1.165, 1.54) is 0 Å². The SMILES string of the molecule is Cc1ccc(COc2cccc(Cl)c2)cc1O. The van der Waals surface area contributed by atoms with E-state index in [0.29, 0.717) is 11.6 Å². The molecule has 88 valence electrons. The molecule has 0 aromatic heterocycles. The molecule has 3 heteroatoms. The minimum absolute atomic E-state index is 0.289. The lowest BCUT2D eigenvalue weighted by Crippen LogP contribution is -1.95. The molecule has 0 unspecified atom stereocenters. The second-order valence-electron chi connectivity index (χ2n) is 3.87. The van der Waals surface area contributed by atoms with E-state index in [1.807, 2.05) is 31.2 Å². The fourth-order valence-corrected chi connectivity index (χ4v) is 1.65. The first-order chi connectivity index (χ1) is 8.15. The van der Waals surface area contributed by atoms with Gasteiger partial charge in [0.2, 0.25) is 0 Å². The molecular weight excluding hydrogens is 236 g/mol. The molecular formula is C14H13ClO2. The molecule has 0 amide bonds. The molecule has 0 saturated heterocycles. The molecule has 0 aliphatic rings. The average Bonchev–Trinajstić information content (AvgIpc) is 2.31.